The molecule has 6 heteroatoms. The van der Waals surface area contributed by atoms with E-state index in [0.717, 1.165) is 17.3 Å². The Kier molecular flexibility index (Phi) is 3.00. The number of hydrogen-bond acceptors (Lipinski definition) is 5. The van der Waals surface area contributed by atoms with Crippen LogP contribution in [0.5, 0.6) is 11.5 Å². The van der Waals surface area contributed by atoms with Crippen LogP contribution in [-0.4, -0.2) is 17.9 Å². The standard InChI is InChI=1S/C13H9NO4S/c15-12-10(19-13(16)14-12)6-2-4-8-3-1-5-9-11(8)18-7-17-9/h1-6H,7H2,(H,14,15,16). The Hall–Kier alpha value is -2.21. The molecule has 0 unspecified atom stereocenters. The molecule has 0 aliphatic carbocycles. The molecule has 2 aliphatic heterocycles. The first-order valence-electron chi connectivity index (χ1n) is 5.54. The minimum absolute atomic E-state index is 0.216. The summed E-state index contributed by atoms with van der Waals surface area (Å²) in [6.45, 7) is 0.216. The molecule has 0 aromatic heterocycles. The van der Waals surface area contributed by atoms with E-state index in [4.69, 9.17) is 9.47 Å². The van der Waals surface area contributed by atoms with Crippen LogP contribution in [0.15, 0.2) is 35.3 Å². The number of thioether (sulfide) groups is 1. The number of ether oxygens (including phenoxy) is 2. The number of rotatable bonds is 2. The zero-order valence-corrected chi connectivity index (χ0v) is 10.5. The minimum atomic E-state index is -0.363. The highest BCUT2D eigenvalue weighted by molar-refractivity contribution is 8.18. The fraction of sp³-hybridized carbons (Fsp3) is 0.0769. The van der Waals surface area contributed by atoms with Gasteiger partial charge in [0.2, 0.25) is 6.79 Å². The van der Waals surface area contributed by atoms with Gasteiger partial charge in [-0.15, -0.1) is 0 Å². The number of carbonyl (C=O) groups is 2. The molecule has 0 bridgehead atoms. The van der Waals surface area contributed by atoms with Crippen LogP contribution < -0.4 is 14.8 Å². The first-order valence-corrected chi connectivity index (χ1v) is 6.36. The van der Waals surface area contributed by atoms with E-state index in [1.165, 1.54) is 0 Å². The second kappa shape index (κ2) is 4.81. The van der Waals surface area contributed by atoms with Crippen LogP contribution in [0.4, 0.5) is 4.79 Å². The molecule has 1 saturated heterocycles. The number of hydrogen-bond donors (Lipinski definition) is 1. The molecule has 19 heavy (non-hydrogen) atoms. The van der Waals surface area contributed by atoms with Crippen LogP contribution in [0.3, 0.4) is 0 Å². The predicted octanol–water partition coefficient (Wildman–Crippen LogP) is 2.30. The van der Waals surface area contributed by atoms with Gasteiger partial charge >= 0.3 is 0 Å². The Morgan fingerprint density at radius 2 is 2.16 bits per heavy atom. The fourth-order valence-corrected chi connectivity index (χ4v) is 2.39. The van der Waals surface area contributed by atoms with Gasteiger partial charge in [-0.05, 0) is 23.9 Å². The number of allylic oxidation sites excluding steroid dienone is 2. The minimum Gasteiger partial charge on any atom is -0.454 e. The molecule has 2 heterocycles. The normalized spacial score (nSPS) is 19.5. The Labute approximate surface area is 113 Å². The van der Waals surface area contributed by atoms with Crippen molar-refractivity contribution in [2.45, 2.75) is 0 Å². The molecule has 5 nitrogen and oxygen atoms in total. The Morgan fingerprint density at radius 1 is 1.26 bits per heavy atom. The predicted molar refractivity (Wildman–Crippen MR) is 70.8 cm³/mol. The van der Waals surface area contributed by atoms with Gasteiger partial charge in [0.1, 0.15) is 0 Å². The molecule has 1 N–H and O–H groups in total. The molecule has 1 aromatic carbocycles. The van der Waals surface area contributed by atoms with E-state index >= 15 is 0 Å². The highest BCUT2D eigenvalue weighted by atomic mass is 32.2. The van der Waals surface area contributed by atoms with Crippen LogP contribution in [0.1, 0.15) is 5.56 Å². The summed E-state index contributed by atoms with van der Waals surface area (Å²) in [4.78, 5) is 22.7. The topological polar surface area (TPSA) is 64.6 Å². The molecule has 1 fully saturated rings. The highest BCUT2D eigenvalue weighted by Gasteiger charge is 2.24. The third kappa shape index (κ3) is 2.34. The summed E-state index contributed by atoms with van der Waals surface area (Å²) in [6, 6.07) is 5.58. The van der Waals surface area contributed by atoms with Crippen LogP contribution in [0, 0.1) is 0 Å². The summed E-state index contributed by atoms with van der Waals surface area (Å²) < 4.78 is 10.6. The van der Waals surface area contributed by atoms with Crippen molar-refractivity contribution in [3.05, 3.63) is 40.8 Å². The lowest BCUT2D eigenvalue weighted by Gasteiger charge is -1.99. The Bertz CT molecular complexity index is 621. The second-order valence-electron chi connectivity index (χ2n) is 3.81. The Balaban J connectivity index is 1.81. The molecule has 2 amide bonds. The molecular weight excluding hydrogens is 266 g/mol. The average molecular weight is 275 g/mol. The van der Waals surface area contributed by atoms with Crippen molar-refractivity contribution < 1.29 is 19.1 Å². The average Bonchev–Trinajstić information content (AvgIpc) is 2.97. The smallest absolute Gasteiger partial charge is 0.290 e. The van der Waals surface area contributed by atoms with Crippen LogP contribution in [-0.2, 0) is 4.79 Å². The van der Waals surface area contributed by atoms with Crippen molar-refractivity contribution in [3.8, 4) is 11.5 Å². The van der Waals surface area contributed by atoms with Crippen molar-refractivity contribution in [1.29, 1.82) is 0 Å². The molecule has 0 spiro atoms. The van der Waals surface area contributed by atoms with Gasteiger partial charge in [0.15, 0.2) is 11.5 Å². The third-order valence-corrected chi connectivity index (χ3v) is 3.42. The summed E-state index contributed by atoms with van der Waals surface area (Å²) in [5.41, 5.74) is 0.863. The number of imide groups is 1. The van der Waals surface area contributed by atoms with Gasteiger partial charge in [0.05, 0.1) is 4.91 Å². The summed E-state index contributed by atoms with van der Waals surface area (Å²) in [6.07, 6.45) is 5.11. The van der Waals surface area contributed by atoms with Crippen molar-refractivity contribution in [2.75, 3.05) is 6.79 Å². The van der Waals surface area contributed by atoms with Crippen molar-refractivity contribution >= 4 is 29.0 Å². The maximum Gasteiger partial charge on any atom is 0.290 e. The van der Waals surface area contributed by atoms with Crippen LogP contribution in [0.2, 0.25) is 0 Å². The summed E-state index contributed by atoms with van der Waals surface area (Å²) in [5.74, 6) is 1.03. The number of carbonyl (C=O) groups excluding carboxylic acids is 2. The van der Waals surface area contributed by atoms with E-state index in [2.05, 4.69) is 5.32 Å². The van der Waals surface area contributed by atoms with Crippen LogP contribution in [0.25, 0.3) is 6.08 Å². The molecule has 1 aromatic rings. The van der Waals surface area contributed by atoms with Gasteiger partial charge < -0.3 is 9.47 Å². The molecule has 3 rings (SSSR count). The SMILES string of the molecule is O=C1NC(=O)C(=CC=Cc2cccc3c2OCO3)S1. The second-order valence-corrected chi connectivity index (χ2v) is 4.83. The summed E-state index contributed by atoms with van der Waals surface area (Å²) in [7, 11) is 0. The lowest BCUT2D eigenvalue weighted by molar-refractivity contribution is -0.115. The van der Waals surface area contributed by atoms with E-state index < -0.39 is 0 Å². The van der Waals surface area contributed by atoms with Gasteiger partial charge in [-0.1, -0.05) is 24.3 Å². The van der Waals surface area contributed by atoms with E-state index in [0.29, 0.717) is 16.4 Å². The number of fused-ring (bicyclic) bond motifs is 1. The number of para-hydroxylation sites is 1. The first kappa shape index (κ1) is 11.9. The largest absolute Gasteiger partial charge is 0.454 e. The van der Waals surface area contributed by atoms with E-state index in [9.17, 15) is 9.59 Å². The van der Waals surface area contributed by atoms with E-state index in [1.54, 1.807) is 18.2 Å². The van der Waals surface area contributed by atoms with Gasteiger partial charge in [0, 0.05) is 5.56 Å². The zero-order valence-electron chi connectivity index (χ0n) is 9.71. The van der Waals surface area contributed by atoms with Crippen molar-refractivity contribution in [1.82, 2.24) is 5.32 Å². The van der Waals surface area contributed by atoms with E-state index in [-0.39, 0.29) is 17.9 Å². The van der Waals surface area contributed by atoms with Crippen molar-refractivity contribution in [3.63, 3.8) is 0 Å². The Morgan fingerprint density at radius 3 is 2.95 bits per heavy atom. The molecular formula is C13H9NO4S. The maximum absolute atomic E-state index is 11.3. The number of nitrogens with one attached hydrogen (secondary N) is 1. The van der Waals surface area contributed by atoms with Gasteiger partial charge in [-0.25, -0.2) is 0 Å². The molecule has 0 atom stereocenters. The summed E-state index contributed by atoms with van der Waals surface area (Å²) >= 11 is 0.889. The monoisotopic (exact) mass is 275 g/mol. The maximum atomic E-state index is 11.3. The van der Waals surface area contributed by atoms with E-state index in [1.807, 2.05) is 18.2 Å². The third-order valence-electron chi connectivity index (χ3n) is 2.59. The molecule has 0 saturated carbocycles. The molecule has 2 aliphatic rings. The van der Waals surface area contributed by atoms with Crippen molar-refractivity contribution in [2.24, 2.45) is 0 Å². The van der Waals surface area contributed by atoms with Crippen LogP contribution >= 0.6 is 11.8 Å². The highest BCUT2D eigenvalue weighted by Crippen LogP contribution is 2.36. The van der Waals surface area contributed by atoms with Gasteiger partial charge in [-0.3, -0.25) is 14.9 Å². The molecule has 96 valence electrons. The first-order chi connectivity index (χ1) is 9.24. The molecule has 0 radical (unpaired) electrons. The summed E-state index contributed by atoms with van der Waals surface area (Å²) in [5, 5.41) is 1.85. The fourth-order valence-electron chi connectivity index (χ4n) is 1.76. The van der Waals surface area contributed by atoms with Gasteiger partial charge in [-0.2, -0.15) is 0 Å². The zero-order chi connectivity index (χ0) is 13.2. The number of amides is 2. The number of benzene rings is 1. The quantitative estimate of drug-likeness (QED) is 0.839. The van der Waals surface area contributed by atoms with Gasteiger partial charge in [0.25, 0.3) is 11.1 Å². The lowest BCUT2D eigenvalue weighted by Crippen LogP contribution is -2.17. The lowest BCUT2D eigenvalue weighted by atomic mass is 10.1.